The maximum Gasteiger partial charge on any atom is 0.334 e. The van der Waals surface area contributed by atoms with Crippen molar-refractivity contribution in [3.05, 3.63) is 11.1 Å². The van der Waals surface area contributed by atoms with E-state index in [0.29, 0.717) is 30.8 Å². The number of hydrogen-bond donors (Lipinski definition) is 0. The Morgan fingerprint density at radius 2 is 1.29 bits per heavy atom. The molecular weight excluding hydrogens is 304 g/mol. The molecule has 4 heteroatoms. The van der Waals surface area contributed by atoms with Crippen LogP contribution in [0.5, 0.6) is 0 Å². The van der Waals surface area contributed by atoms with Crippen LogP contribution in [0.3, 0.4) is 0 Å². The highest BCUT2D eigenvalue weighted by Gasteiger charge is 2.25. The molecule has 0 aliphatic heterocycles. The summed E-state index contributed by atoms with van der Waals surface area (Å²) in [5.74, 6) is -0.301. The van der Waals surface area contributed by atoms with Crippen molar-refractivity contribution in [2.24, 2.45) is 17.8 Å². The first kappa shape index (κ1) is 22.7. The molecule has 0 aromatic carbocycles. The van der Waals surface area contributed by atoms with Crippen molar-refractivity contribution in [1.29, 1.82) is 0 Å². The number of hydrogen-bond acceptors (Lipinski definition) is 4. The Kier molecular flexibility index (Phi) is 11.4. The Balaban J connectivity index is 5.43. The molecule has 0 saturated heterocycles. The smallest absolute Gasteiger partial charge is 0.334 e. The lowest BCUT2D eigenvalue weighted by Gasteiger charge is -2.18. The molecule has 0 aliphatic rings. The molecule has 0 fully saturated rings. The molecule has 140 valence electrons. The van der Waals surface area contributed by atoms with Gasteiger partial charge in [-0.15, -0.1) is 0 Å². The van der Waals surface area contributed by atoms with Crippen LogP contribution in [0.4, 0.5) is 0 Å². The van der Waals surface area contributed by atoms with Crippen LogP contribution >= 0.6 is 0 Å². The van der Waals surface area contributed by atoms with Crippen LogP contribution in [0.2, 0.25) is 0 Å². The van der Waals surface area contributed by atoms with E-state index in [0.717, 1.165) is 19.3 Å². The zero-order chi connectivity index (χ0) is 18.7. The van der Waals surface area contributed by atoms with E-state index in [-0.39, 0.29) is 29.7 Å². The molecule has 0 radical (unpaired) electrons. The van der Waals surface area contributed by atoms with Crippen LogP contribution in [0.15, 0.2) is 11.1 Å². The third kappa shape index (κ3) is 9.09. The summed E-state index contributed by atoms with van der Waals surface area (Å²) in [5.41, 5.74) is 0.966. The molecule has 0 spiro atoms. The summed E-state index contributed by atoms with van der Waals surface area (Å²) in [5, 5.41) is 0. The highest BCUT2D eigenvalue weighted by atomic mass is 16.5. The molecule has 4 nitrogen and oxygen atoms in total. The van der Waals surface area contributed by atoms with E-state index in [1.54, 1.807) is 0 Å². The number of rotatable bonds is 11. The fourth-order valence-electron chi connectivity index (χ4n) is 2.26. The summed E-state index contributed by atoms with van der Waals surface area (Å²) in [6, 6.07) is 0. The Bertz CT molecular complexity index is 419. The van der Waals surface area contributed by atoms with E-state index in [4.69, 9.17) is 9.47 Å². The normalized spacial score (nSPS) is 12.6. The van der Waals surface area contributed by atoms with Crippen LogP contribution in [0.25, 0.3) is 0 Å². The lowest BCUT2D eigenvalue weighted by molar-refractivity contribution is -0.144. The number of carbonyl (C=O) groups excluding carboxylic acids is 2. The zero-order valence-electron chi connectivity index (χ0n) is 16.6. The van der Waals surface area contributed by atoms with Crippen molar-refractivity contribution in [1.82, 2.24) is 0 Å². The van der Waals surface area contributed by atoms with Crippen molar-refractivity contribution < 1.29 is 19.1 Å². The summed E-state index contributed by atoms with van der Waals surface area (Å²) in [7, 11) is 0. The maximum atomic E-state index is 12.5. The number of carbonyl (C=O) groups is 2. The first-order valence-electron chi connectivity index (χ1n) is 9.27. The number of esters is 2. The van der Waals surface area contributed by atoms with Gasteiger partial charge in [0.2, 0.25) is 0 Å². The van der Waals surface area contributed by atoms with Gasteiger partial charge >= 0.3 is 11.9 Å². The molecule has 0 atom stereocenters. The van der Waals surface area contributed by atoms with Crippen molar-refractivity contribution in [2.45, 2.75) is 74.1 Å². The van der Waals surface area contributed by atoms with Gasteiger partial charge in [-0.3, -0.25) is 0 Å². The summed E-state index contributed by atoms with van der Waals surface area (Å²) >= 11 is 0. The lowest BCUT2D eigenvalue weighted by atomic mass is 9.93. The first-order chi connectivity index (χ1) is 11.2. The van der Waals surface area contributed by atoms with Crippen molar-refractivity contribution >= 4 is 11.9 Å². The van der Waals surface area contributed by atoms with Gasteiger partial charge in [-0.05, 0) is 30.6 Å². The van der Waals surface area contributed by atoms with Crippen LogP contribution in [-0.4, -0.2) is 25.2 Å². The standard InChI is InChI=1S/C20H36O4/c1-8-9-10-11-17(19(21)23-12-14(2)3)18(16(6)7)20(22)24-13-15(4)5/h14-16H,8-13H2,1-7H3. The second kappa shape index (κ2) is 12.1. The molecule has 0 amide bonds. The van der Waals surface area contributed by atoms with E-state index >= 15 is 0 Å². The summed E-state index contributed by atoms with van der Waals surface area (Å²) in [4.78, 5) is 25.1. The van der Waals surface area contributed by atoms with Crippen molar-refractivity contribution in [3.8, 4) is 0 Å². The average Bonchev–Trinajstić information content (AvgIpc) is 2.49. The van der Waals surface area contributed by atoms with Gasteiger partial charge in [0, 0.05) is 5.57 Å². The van der Waals surface area contributed by atoms with Gasteiger partial charge in [0.1, 0.15) is 0 Å². The van der Waals surface area contributed by atoms with Gasteiger partial charge in [-0.1, -0.05) is 61.3 Å². The van der Waals surface area contributed by atoms with Crippen LogP contribution < -0.4 is 0 Å². The molecule has 0 aromatic heterocycles. The Morgan fingerprint density at radius 1 is 0.792 bits per heavy atom. The minimum absolute atomic E-state index is 0.0760. The minimum atomic E-state index is -0.383. The van der Waals surface area contributed by atoms with Gasteiger partial charge in [-0.25, -0.2) is 9.59 Å². The molecular formula is C20H36O4. The van der Waals surface area contributed by atoms with Crippen LogP contribution in [0.1, 0.15) is 74.1 Å². The monoisotopic (exact) mass is 340 g/mol. The third-order valence-electron chi connectivity index (χ3n) is 3.49. The molecule has 0 bridgehead atoms. The SMILES string of the molecule is CCCCCC(C(=O)OCC(C)C)=C(C(=O)OCC(C)C)C(C)C. The largest absolute Gasteiger partial charge is 0.462 e. The molecule has 0 rings (SSSR count). The Hall–Kier alpha value is -1.32. The van der Waals surface area contributed by atoms with Gasteiger partial charge in [0.25, 0.3) is 0 Å². The molecule has 0 saturated carbocycles. The molecule has 0 aromatic rings. The molecule has 0 N–H and O–H groups in total. The fraction of sp³-hybridized carbons (Fsp3) is 0.800. The average molecular weight is 341 g/mol. The summed E-state index contributed by atoms with van der Waals surface area (Å²) in [6.45, 7) is 14.6. The number of ether oxygens (including phenoxy) is 2. The fourth-order valence-corrected chi connectivity index (χ4v) is 2.26. The van der Waals surface area contributed by atoms with Gasteiger partial charge in [0.05, 0.1) is 18.8 Å². The Morgan fingerprint density at radius 3 is 1.71 bits per heavy atom. The van der Waals surface area contributed by atoms with Crippen molar-refractivity contribution in [2.75, 3.05) is 13.2 Å². The first-order valence-corrected chi connectivity index (χ1v) is 9.27. The van der Waals surface area contributed by atoms with Gasteiger partial charge in [0.15, 0.2) is 0 Å². The van der Waals surface area contributed by atoms with E-state index in [1.165, 1.54) is 0 Å². The number of unbranched alkanes of at least 4 members (excludes halogenated alkanes) is 2. The zero-order valence-corrected chi connectivity index (χ0v) is 16.6. The van der Waals surface area contributed by atoms with E-state index in [2.05, 4.69) is 6.92 Å². The van der Waals surface area contributed by atoms with E-state index < -0.39 is 0 Å². The molecule has 0 aliphatic carbocycles. The van der Waals surface area contributed by atoms with E-state index in [9.17, 15) is 9.59 Å². The van der Waals surface area contributed by atoms with Crippen LogP contribution in [-0.2, 0) is 19.1 Å². The van der Waals surface area contributed by atoms with Crippen LogP contribution in [0, 0.1) is 17.8 Å². The summed E-state index contributed by atoms with van der Waals surface area (Å²) in [6.07, 6.45) is 3.52. The second-order valence-corrected chi connectivity index (χ2v) is 7.49. The predicted octanol–water partition coefficient (Wildman–Crippen LogP) is 4.92. The lowest BCUT2D eigenvalue weighted by Crippen LogP contribution is -2.22. The second-order valence-electron chi connectivity index (χ2n) is 7.49. The topological polar surface area (TPSA) is 52.6 Å². The minimum Gasteiger partial charge on any atom is -0.462 e. The Labute approximate surface area is 148 Å². The molecule has 24 heavy (non-hydrogen) atoms. The highest BCUT2D eigenvalue weighted by molar-refractivity contribution is 6.00. The maximum absolute atomic E-state index is 12.5. The highest BCUT2D eigenvalue weighted by Crippen LogP contribution is 2.23. The summed E-state index contributed by atoms with van der Waals surface area (Å²) < 4.78 is 10.8. The predicted molar refractivity (Wildman–Crippen MR) is 97.6 cm³/mol. The van der Waals surface area contributed by atoms with E-state index in [1.807, 2.05) is 41.5 Å². The van der Waals surface area contributed by atoms with Crippen molar-refractivity contribution in [3.63, 3.8) is 0 Å². The quantitative estimate of drug-likeness (QED) is 0.304. The van der Waals surface area contributed by atoms with Gasteiger partial charge in [-0.2, -0.15) is 0 Å². The third-order valence-corrected chi connectivity index (χ3v) is 3.49. The van der Waals surface area contributed by atoms with Gasteiger partial charge < -0.3 is 9.47 Å². The molecule has 0 heterocycles. The molecule has 0 unspecified atom stereocenters.